The van der Waals surface area contributed by atoms with E-state index >= 15 is 0 Å². The maximum atomic E-state index is 12.0. The van der Waals surface area contributed by atoms with Gasteiger partial charge >= 0.3 is 18.9 Å². The van der Waals surface area contributed by atoms with Gasteiger partial charge in [-0.1, -0.05) is 41.5 Å². The molecule has 0 radical (unpaired) electrons. The first-order valence-corrected chi connectivity index (χ1v) is 12.0. The van der Waals surface area contributed by atoms with E-state index in [1.165, 1.54) is 0 Å². The molecule has 0 aliphatic carbocycles. The molecule has 0 aromatic heterocycles. The fourth-order valence-electron chi connectivity index (χ4n) is 2.76. The quantitative estimate of drug-likeness (QED) is 0.467. The Bertz CT molecular complexity index is 497. The van der Waals surface area contributed by atoms with Crippen molar-refractivity contribution in [2.24, 2.45) is 0 Å². The molecule has 0 aliphatic heterocycles. The Morgan fingerprint density at radius 1 is 0.905 bits per heavy atom. The van der Waals surface area contributed by atoms with Crippen LogP contribution in [0, 0.1) is 0 Å². The van der Waals surface area contributed by atoms with Crippen molar-refractivity contribution in [1.82, 2.24) is 0 Å². The van der Waals surface area contributed by atoms with E-state index in [2.05, 4.69) is 0 Å². The Hall–Kier alpha value is 0.634. The first-order valence-electron chi connectivity index (χ1n) is 6.63. The van der Waals surface area contributed by atoms with Crippen molar-refractivity contribution < 1.29 is 45.5 Å². The zero-order valence-electron chi connectivity index (χ0n) is 15.0. The van der Waals surface area contributed by atoms with Gasteiger partial charge in [0.05, 0.1) is 11.5 Å². The fraction of sp³-hybridized carbons (Fsp3) is 1.00. The third kappa shape index (κ3) is 7.16. The first-order chi connectivity index (χ1) is 8.74. The minimum atomic E-state index is -4.32. The van der Waals surface area contributed by atoms with Crippen LogP contribution in [0.5, 0.6) is 0 Å². The number of hydrogen-bond donors (Lipinski definition) is 1. The van der Waals surface area contributed by atoms with Crippen LogP contribution in [0.25, 0.3) is 0 Å². The summed E-state index contributed by atoms with van der Waals surface area (Å²) in [4.78, 5) is 0. The van der Waals surface area contributed by atoms with Crippen molar-refractivity contribution >= 4 is 28.6 Å². The van der Waals surface area contributed by atoms with Crippen LogP contribution < -0.4 is 18.9 Å². The van der Waals surface area contributed by atoms with Crippen molar-refractivity contribution in [3.8, 4) is 0 Å². The summed E-state index contributed by atoms with van der Waals surface area (Å²) in [5.41, 5.74) is 0.217. The van der Waals surface area contributed by atoms with Crippen molar-refractivity contribution in [1.29, 1.82) is 0 Å². The van der Waals surface area contributed by atoms with E-state index < -0.39 is 40.1 Å². The average molecular weight is 354 g/mol. The Morgan fingerprint density at radius 2 is 1.24 bits per heavy atom. The molecule has 0 rings (SSSR count). The van der Waals surface area contributed by atoms with Gasteiger partial charge in [-0.3, -0.25) is 4.55 Å². The number of hydrogen-bond acceptors (Lipinski definition) is 5. The molecular weight excluding hydrogens is 327 g/mol. The standard InChI is InChI=1S/C11H26O6S2Si.Li.H/c1-9(2)20(10(3)4,11(5)6)17-19(15,16)8-7-18(12,13)14;;/h9-11H,7-8H2,1-6H3,(H,12,13,14);;/q;+1;-1. The Labute approximate surface area is 143 Å². The molecule has 0 spiro atoms. The molecular formula is C11H27LiO6S2Si. The molecule has 0 atom stereocenters. The SMILES string of the molecule is CC(C)[Si](OS(=O)(=O)CCS(=O)(=O)O)(C(C)C)C(C)C.[H-].[Li+]. The molecule has 10 heteroatoms. The second-order valence-electron chi connectivity index (χ2n) is 5.95. The van der Waals surface area contributed by atoms with E-state index in [0.717, 1.165) is 0 Å². The molecule has 0 unspecified atom stereocenters. The summed E-state index contributed by atoms with van der Waals surface area (Å²) < 4.78 is 59.7. The Morgan fingerprint density at radius 3 is 1.48 bits per heavy atom. The van der Waals surface area contributed by atoms with E-state index in [-0.39, 0.29) is 36.9 Å². The largest absolute Gasteiger partial charge is 1.00 e. The summed E-state index contributed by atoms with van der Waals surface area (Å²) in [6, 6.07) is 0. The van der Waals surface area contributed by atoms with Crippen LogP contribution in [0.3, 0.4) is 0 Å². The van der Waals surface area contributed by atoms with E-state index in [1.807, 2.05) is 41.5 Å². The smallest absolute Gasteiger partial charge is 1.00 e. The predicted octanol–water partition coefficient (Wildman–Crippen LogP) is -0.487. The van der Waals surface area contributed by atoms with Crippen LogP contribution >= 0.6 is 0 Å². The van der Waals surface area contributed by atoms with Gasteiger partial charge in [0.1, 0.15) is 0 Å². The molecule has 0 saturated heterocycles. The van der Waals surface area contributed by atoms with Gasteiger partial charge in [0, 0.05) is 0 Å². The molecule has 0 aliphatic rings. The summed E-state index contributed by atoms with van der Waals surface area (Å²) in [6.45, 7) is 11.6. The summed E-state index contributed by atoms with van der Waals surface area (Å²) in [6.07, 6.45) is 0. The van der Waals surface area contributed by atoms with Gasteiger partial charge in [-0.2, -0.15) is 8.42 Å². The Kier molecular flexibility index (Phi) is 9.64. The maximum Gasteiger partial charge on any atom is 1.00 e. The summed E-state index contributed by atoms with van der Waals surface area (Å²) in [5.74, 6) is -1.55. The van der Waals surface area contributed by atoms with Crippen molar-refractivity contribution in [2.75, 3.05) is 11.5 Å². The van der Waals surface area contributed by atoms with Crippen LogP contribution in [0.4, 0.5) is 0 Å². The third-order valence-corrected chi connectivity index (χ3v) is 12.8. The first kappa shape index (κ1) is 23.9. The van der Waals surface area contributed by atoms with Gasteiger partial charge in [0.2, 0.25) is 8.32 Å². The zero-order chi connectivity index (χ0) is 16.4. The van der Waals surface area contributed by atoms with E-state index in [4.69, 9.17) is 8.42 Å². The number of rotatable bonds is 8. The van der Waals surface area contributed by atoms with Crippen LogP contribution in [0.1, 0.15) is 43.0 Å². The summed E-state index contributed by atoms with van der Waals surface area (Å²) in [7, 11) is -10.9. The molecule has 0 saturated carbocycles. The van der Waals surface area contributed by atoms with Crippen LogP contribution in [-0.2, 0) is 24.1 Å². The second kappa shape index (κ2) is 8.48. The van der Waals surface area contributed by atoms with Crippen molar-refractivity contribution in [3.63, 3.8) is 0 Å². The molecule has 0 aromatic carbocycles. The Balaban J connectivity index is -0.00000180. The van der Waals surface area contributed by atoms with Crippen molar-refractivity contribution in [2.45, 2.75) is 58.2 Å². The molecule has 0 amide bonds. The summed E-state index contributed by atoms with van der Waals surface area (Å²) in [5, 5.41) is 0. The van der Waals surface area contributed by atoms with E-state index in [9.17, 15) is 16.8 Å². The topological polar surface area (TPSA) is 97.7 Å². The normalized spacial score (nSPS) is 13.8. The minimum absolute atomic E-state index is 0. The van der Waals surface area contributed by atoms with Gasteiger partial charge < -0.3 is 5.30 Å². The fourth-order valence-corrected chi connectivity index (χ4v) is 12.8. The molecule has 124 valence electrons. The zero-order valence-corrected chi connectivity index (χ0v) is 16.6. The van der Waals surface area contributed by atoms with Crippen LogP contribution in [0.15, 0.2) is 0 Å². The second-order valence-corrected chi connectivity index (χ2v) is 14.9. The predicted molar refractivity (Wildman–Crippen MR) is 83.4 cm³/mol. The van der Waals surface area contributed by atoms with Crippen LogP contribution in [0.2, 0.25) is 16.6 Å². The van der Waals surface area contributed by atoms with Crippen LogP contribution in [-0.4, -0.2) is 41.2 Å². The van der Waals surface area contributed by atoms with Gasteiger partial charge in [-0.15, -0.1) is 0 Å². The van der Waals surface area contributed by atoms with Gasteiger partial charge in [-0.25, -0.2) is 8.42 Å². The molecule has 21 heavy (non-hydrogen) atoms. The molecule has 0 bridgehead atoms. The minimum Gasteiger partial charge on any atom is -1.00 e. The van der Waals surface area contributed by atoms with Crippen molar-refractivity contribution in [3.05, 3.63) is 0 Å². The molecule has 0 heterocycles. The van der Waals surface area contributed by atoms with Gasteiger partial charge in [-0.05, 0) is 16.6 Å². The molecule has 1 N–H and O–H groups in total. The summed E-state index contributed by atoms with van der Waals surface area (Å²) >= 11 is 0. The molecule has 6 nitrogen and oxygen atoms in total. The average Bonchev–Trinajstić information content (AvgIpc) is 2.21. The molecule has 0 fully saturated rings. The van der Waals surface area contributed by atoms with E-state index in [1.54, 1.807) is 0 Å². The van der Waals surface area contributed by atoms with E-state index in [0.29, 0.717) is 0 Å². The third-order valence-electron chi connectivity index (χ3n) is 3.57. The maximum absolute atomic E-state index is 12.0. The monoisotopic (exact) mass is 354 g/mol. The van der Waals surface area contributed by atoms with Gasteiger partial charge in [0.25, 0.3) is 20.2 Å². The molecule has 0 aromatic rings. The van der Waals surface area contributed by atoms with Gasteiger partial charge in [0.15, 0.2) is 0 Å².